The van der Waals surface area contributed by atoms with Gasteiger partial charge in [0.25, 0.3) is 11.5 Å². The number of pyridine rings is 1. The minimum Gasteiger partial charge on any atom is -0.455 e. The molecule has 0 spiro atoms. The number of ether oxygens (including phenoxy) is 1. The monoisotopic (exact) mass is 476 g/mol. The molecular formula is C27H32N4O4. The van der Waals surface area contributed by atoms with Crippen LogP contribution in [0.5, 0.6) is 5.75 Å². The molecule has 3 aromatic rings. The second kappa shape index (κ2) is 8.78. The van der Waals surface area contributed by atoms with Crippen molar-refractivity contribution in [2.75, 3.05) is 7.05 Å². The van der Waals surface area contributed by atoms with Crippen molar-refractivity contribution in [2.24, 2.45) is 7.05 Å². The SMILES string of the molecule is Cc1cccc(C)c1OC1=CN(C)C(O)C=C1c1cn(C)c(=O)c2[nH]c(C(=O)NC(C)(C)C)cc12. The number of nitrogens with one attached hydrogen (secondary N) is 2. The number of fused-ring (bicyclic) bond motifs is 1. The molecule has 0 saturated heterocycles. The number of likely N-dealkylation sites (N-methyl/N-ethyl adjacent to an activating group) is 1. The highest BCUT2D eigenvalue weighted by Crippen LogP contribution is 2.35. The van der Waals surface area contributed by atoms with Crippen LogP contribution < -0.4 is 15.6 Å². The minimum atomic E-state index is -0.884. The van der Waals surface area contributed by atoms with Gasteiger partial charge in [-0.05, 0) is 57.9 Å². The van der Waals surface area contributed by atoms with Crippen molar-refractivity contribution in [3.63, 3.8) is 0 Å². The molecule has 0 saturated carbocycles. The number of benzene rings is 1. The molecule has 1 aromatic carbocycles. The quantitative estimate of drug-likeness (QED) is 0.535. The molecule has 4 rings (SSSR count). The lowest BCUT2D eigenvalue weighted by molar-refractivity contribution is 0.0914. The van der Waals surface area contributed by atoms with E-state index < -0.39 is 11.8 Å². The summed E-state index contributed by atoms with van der Waals surface area (Å²) in [5.41, 5.74) is 3.16. The second-order valence-corrected chi connectivity index (χ2v) is 10.1. The first-order valence-electron chi connectivity index (χ1n) is 11.5. The summed E-state index contributed by atoms with van der Waals surface area (Å²) in [7, 11) is 3.41. The van der Waals surface area contributed by atoms with Crippen LogP contribution in [-0.4, -0.2) is 44.3 Å². The van der Waals surface area contributed by atoms with Crippen LogP contribution in [0.1, 0.15) is 48.0 Å². The van der Waals surface area contributed by atoms with Gasteiger partial charge in [0.05, 0.1) is 0 Å². The third-order valence-corrected chi connectivity index (χ3v) is 5.93. The summed E-state index contributed by atoms with van der Waals surface area (Å²) in [4.78, 5) is 30.4. The fourth-order valence-electron chi connectivity index (χ4n) is 4.13. The maximum atomic E-state index is 12.9. The minimum absolute atomic E-state index is 0.256. The average molecular weight is 477 g/mol. The average Bonchev–Trinajstić information content (AvgIpc) is 3.21. The van der Waals surface area contributed by atoms with Gasteiger partial charge in [0.2, 0.25) is 0 Å². The molecule has 1 aliphatic rings. The number of allylic oxidation sites excluding steroid dienone is 1. The first kappa shape index (κ1) is 24.3. The van der Waals surface area contributed by atoms with Gasteiger partial charge in [0.1, 0.15) is 23.2 Å². The number of carbonyl (C=O) groups excluding carboxylic acids is 1. The van der Waals surface area contributed by atoms with E-state index in [9.17, 15) is 14.7 Å². The summed E-state index contributed by atoms with van der Waals surface area (Å²) in [6.07, 6.45) is 4.24. The molecule has 3 heterocycles. The topological polar surface area (TPSA) is 99.6 Å². The summed E-state index contributed by atoms with van der Waals surface area (Å²) in [5, 5.41) is 14.1. The molecule has 1 atom stereocenters. The number of aliphatic hydroxyl groups is 1. The molecule has 1 amide bonds. The van der Waals surface area contributed by atoms with Gasteiger partial charge in [-0.1, -0.05) is 18.2 Å². The third kappa shape index (κ3) is 4.74. The van der Waals surface area contributed by atoms with E-state index in [0.29, 0.717) is 27.8 Å². The van der Waals surface area contributed by atoms with Crippen LogP contribution in [0.4, 0.5) is 0 Å². The predicted octanol–water partition coefficient (Wildman–Crippen LogP) is 3.58. The molecule has 0 radical (unpaired) electrons. The number of H-pyrrole nitrogens is 1. The summed E-state index contributed by atoms with van der Waals surface area (Å²) < 4.78 is 7.87. The predicted molar refractivity (Wildman–Crippen MR) is 137 cm³/mol. The molecule has 1 aliphatic heterocycles. The molecule has 3 N–H and O–H groups in total. The Labute approximate surface area is 204 Å². The molecule has 0 fully saturated rings. The number of para-hydroxylation sites is 1. The molecule has 0 bridgehead atoms. The molecule has 8 heteroatoms. The Morgan fingerprint density at radius 3 is 2.46 bits per heavy atom. The summed E-state index contributed by atoms with van der Waals surface area (Å²) in [6, 6.07) is 7.60. The first-order valence-corrected chi connectivity index (χ1v) is 11.5. The highest BCUT2D eigenvalue weighted by atomic mass is 16.5. The molecule has 184 valence electrons. The van der Waals surface area contributed by atoms with Crippen molar-refractivity contribution in [3.05, 3.63) is 81.2 Å². The van der Waals surface area contributed by atoms with Crippen LogP contribution >= 0.6 is 0 Å². The Kier molecular flexibility index (Phi) is 6.11. The molecule has 0 aliphatic carbocycles. The largest absolute Gasteiger partial charge is 0.455 e. The molecule has 2 aromatic heterocycles. The molecule has 1 unspecified atom stereocenters. The van der Waals surface area contributed by atoms with Gasteiger partial charge in [-0.3, -0.25) is 9.59 Å². The van der Waals surface area contributed by atoms with Crippen molar-refractivity contribution in [3.8, 4) is 5.75 Å². The van der Waals surface area contributed by atoms with Crippen LogP contribution in [0.2, 0.25) is 0 Å². The van der Waals surface area contributed by atoms with Gasteiger partial charge in [0.15, 0.2) is 5.76 Å². The van der Waals surface area contributed by atoms with Crippen LogP contribution in [0.3, 0.4) is 0 Å². The number of carbonyl (C=O) groups is 1. The van der Waals surface area contributed by atoms with Gasteiger partial charge in [0, 0.05) is 48.6 Å². The fourth-order valence-corrected chi connectivity index (χ4v) is 4.13. The number of amides is 1. The Morgan fingerprint density at radius 2 is 1.83 bits per heavy atom. The number of aryl methyl sites for hydroxylation is 3. The van der Waals surface area contributed by atoms with Crippen molar-refractivity contribution in [1.82, 2.24) is 19.8 Å². The van der Waals surface area contributed by atoms with E-state index in [1.807, 2.05) is 52.8 Å². The van der Waals surface area contributed by atoms with E-state index in [4.69, 9.17) is 4.74 Å². The summed E-state index contributed by atoms with van der Waals surface area (Å²) in [6.45, 7) is 9.63. The normalized spacial score (nSPS) is 16.2. The lowest BCUT2D eigenvalue weighted by atomic mass is 9.99. The summed E-state index contributed by atoms with van der Waals surface area (Å²) in [5.74, 6) is 0.952. The zero-order chi connectivity index (χ0) is 25.7. The number of rotatable bonds is 4. The number of nitrogens with zero attached hydrogens (tertiary/aromatic N) is 2. The second-order valence-electron chi connectivity index (χ2n) is 10.1. The highest BCUT2D eigenvalue weighted by molar-refractivity contribution is 6.02. The lowest BCUT2D eigenvalue weighted by Crippen LogP contribution is -2.40. The Bertz CT molecular complexity index is 1420. The van der Waals surface area contributed by atoms with E-state index >= 15 is 0 Å². The van der Waals surface area contributed by atoms with Gasteiger partial charge < -0.3 is 29.6 Å². The Hall–Kier alpha value is -3.78. The van der Waals surface area contributed by atoms with Crippen molar-refractivity contribution in [2.45, 2.75) is 46.4 Å². The Balaban J connectivity index is 1.87. The Morgan fingerprint density at radius 1 is 1.17 bits per heavy atom. The van der Waals surface area contributed by atoms with E-state index in [0.717, 1.165) is 16.9 Å². The van der Waals surface area contributed by atoms with Gasteiger partial charge >= 0.3 is 0 Å². The number of aromatic nitrogens is 2. The van der Waals surface area contributed by atoms with Crippen molar-refractivity contribution >= 4 is 22.4 Å². The van der Waals surface area contributed by atoms with Crippen LogP contribution in [-0.2, 0) is 7.05 Å². The highest BCUT2D eigenvalue weighted by Gasteiger charge is 2.26. The maximum Gasteiger partial charge on any atom is 0.274 e. The van der Waals surface area contributed by atoms with Crippen molar-refractivity contribution in [1.29, 1.82) is 0 Å². The van der Waals surface area contributed by atoms with E-state index in [1.165, 1.54) is 4.57 Å². The number of aliphatic hydroxyl groups excluding tert-OH is 1. The molecule has 8 nitrogen and oxygen atoms in total. The third-order valence-electron chi connectivity index (χ3n) is 5.93. The van der Waals surface area contributed by atoms with Crippen LogP contribution in [0.15, 0.2) is 53.3 Å². The number of aromatic amines is 1. The summed E-state index contributed by atoms with van der Waals surface area (Å²) >= 11 is 0. The zero-order valence-corrected chi connectivity index (χ0v) is 21.2. The van der Waals surface area contributed by atoms with Crippen LogP contribution in [0, 0.1) is 13.8 Å². The molecular weight excluding hydrogens is 444 g/mol. The van der Waals surface area contributed by atoms with Gasteiger partial charge in [-0.25, -0.2) is 0 Å². The molecule has 35 heavy (non-hydrogen) atoms. The van der Waals surface area contributed by atoms with Gasteiger partial charge in [-0.2, -0.15) is 0 Å². The standard InChI is InChI=1S/C27H32N4O4/c1-15-9-8-10-16(2)24(15)35-21-14-30(6)22(32)12-17(21)19-13-31(7)26(34)23-18(19)11-20(28-23)25(33)29-27(3,4)5/h8-14,22,28,32H,1-7H3,(H,29,33). The van der Waals surface area contributed by atoms with E-state index in [-0.39, 0.29) is 17.2 Å². The first-order chi connectivity index (χ1) is 16.4. The van der Waals surface area contributed by atoms with Crippen molar-refractivity contribution < 1.29 is 14.6 Å². The fraction of sp³-hybridized carbons (Fsp3) is 0.333. The van der Waals surface area contributed by atoms with E-state index in [1.54, 1.807) is 43.5 Å². The smallest absolute Gasteiger partial charge is 0.274 e. The lowest BCUT2D eigenvalue weighted by Gasteiger charge is -2.28. The number of hydrogen-bond donors (Lipinski definition) is 3. The van der Waals surface area contributed by atoms with Gasteiger partial charge in [-0.15, -0.1) is 0 Å². The maximum absolute atomic E-state index is 12.9. The van der Waals surface area contributed by atoms with Crippen LogP contribution in [0.25, 0.3) is 16.5 Å². The number of hydrogen-bond acceptors (Lipinski definition) is 5. The zero-order valence-electron chi connectivity index (χ0n) is 21.2. The van der Waals surface area contributed by atoms with E-state index in [2.05, 4.69) is 10.3 Å².